The number of amides is 3. The van der Waals surface area contributed by atoms with Gasteiger partial charge in [0.05, 0.1) is 13.1 Å². The maximum Gasteiger partial charge on any atom is 0.242 e. The molecule has 0 aromatic rings. The maximum atomic E-state index is 12.2. The van der Waals surface area contributed by atoms with Gasteiger partial charge < -0.3 is 20.9 Å². The van der Waals surface area contributed by atoms with Gasteiger partial charge in [-0.25, -0.2) is 0 Å². The summed E-state index contributed by atoms with van der Waals surface area (Å²) in [5.74, 6) is 0.484. The van der Waals surface area contributed by atoms with Crippen LogP contribution in [0.1, 0.15) is 38.5 Å². The van der Waals surface area contributed by atoms with Gasteiger partial charge in [0, 0.05) is 32.6 Å². The fraction of sp³-hybridized carbons (Fsp3) is 0.812. The van der Waals surface area contributed by atoms with Crippen LogP contribution in [-0.2, 0) is 14.4 Å². The highest BCUT2D eigenvalue weighted by Crippen LogP contribution is 2.28. The van der Waals surface area contributed by atoms with E-state index in [1.165, 1.54) is 25.7 Å². The predicted octanol–water partition coefficient (Wildman–Crippen LogP) is -0.297. The Labute approximate surface area is 137 Å². The summed E-state index contributed by atoms with van der Waals surface area (Å²) in [6, 6.07) is 0. The second-order valence-electron chi connectivity index (χ2n) is 6.43. The Morgan fingerprint density at radius 1 is 0.957 bits per heavy atom. The molecule has 3 amide bonds. The number of rotatable bonds is 6. The van der Waals surface area contributed by atoms with Crippen molar-refractivity contribution in [2.24, 2.45) is 11.7 Å². The molecule has 7 heteroatoms. The smallest absolute Gasteiger partial charge is 0.242 e. The first-order chi connectivity index (χ1) is 11.1. The maximum absolute atomic E-state index is 12.2. The van der Waals surface area contributed by atoms with E-state index in [-0.39, 0.29) is 30.8 Å². The van der Waals surface area contributed by atoms with Gasteiger partial charge in [0.1, 0.15) is 0 Å². The zero-order valence-electron chi connectivity index (χ0n) is 13.8. The molecule has 3 N–H and O–H groups in total. The first kappa shape index (κ1) is 17.7. The molecule has 1 aliphatic carbocycles. The molecule has 23 heavy (non-hydrogen) atoms. The summed E-state index contributed by atoms with van der Waals surface area (Å²) < 4.78 is 0. The van der Waals surface area contributed by atoms with Gasteiger partial charge in [-0.1, -0.05) is 25.7 Å². The minimum Gasteiger partial charge on any atom is -0.346 e. The molecule has 0 atom stereocenters. The van der Waals surface area contributed by atoms with Crippen LogP contribution in [0.2, 0.25) is 0 Å². The average Bonchev–Trinajstić information content (AvgIpc) is 3.10. The zero-order chi connectivity index (χ0) is 16.7. The van der Waals surface area contributed by atoms with Crippen molar-refractivity contribution in [3.05, 3.63) is 0 Å². The fourth-order valence-corrected chi connectivity index (χ4v) is 3.35. The molecule has 1 aliphatic heterocycles. The monoisotopic (exact) mass is 324 g/mol. The highest BCUT2D eigenvalue weighted by atomic mass is 16.2. The van der Waals surface area contributed by atoms with E-state index in [2.05, 4.69) is 5.32 Å². The van der Waals surface area contributed by atoms with E-state index in [0.29, 0.717) is 32.6 Å². The minimum atomic E-state index is -0.334. The van der Waals surface area contributed by atoms with Gasteiger partial charge in [-0.15, -0.1) is 0 Å². The van der Waals surface area contributed by atoms with Crippen LogP contribution in [0.5, 0.6) is 0 Å². The largest absolute Gasteiger partial charge is 0.346 e. The molecule has 2 rings (SSSR count). The quantitative estimate of drug-likeness (QED) is 0.701. The van der Waals surface area contributed by atoms with Crippen molar-refractivity contribution in [1.82, 2.24) is 15.1 Å². The van der Waals surface area contributed by atoms with Crippen LogP contribution < -0.4 is 11.1 Å². The molecule has 1 heterocycles. The summed E-state index contributed by atoms with van der Waals surface area (Å²) in [6.07, 6.45) is 6.78. The first-order valence-electron chi connectivity index (χ1n) is 8.62. The van der Waals surface area contributed by atoms with Gasteiger partial charge >= 0.3 is 0 Å². The lowest BCUT2D eigenvalue weighted by Crippen LogP contribution is -2.52. The lowest BCUT2D eigenvalue weighted by molar-refractivity contribution is -0.139. The van der Waals surface area contributed by atoms with E-state index >= 15 is 0 Å². The van der Waals surface area contributed by atoms with Crippen LogP contribution in [0.25, 0.3) is 0 Å². The molecule has 130 valence electrons. The lowest BCUT2D eigenvalue weighted by Gasteiger charge is -2.35. The molecule has 1 saturated heterocycles. The zero-order valence-corrected chi connectivity index (χ0v) is 13.8. The van der Waals surface area contributed by atoms with Crippen LogP contribution in [-0.4, -0.2) is 66.8 Å². The summed E-state index contributed by atoms with van der Waals surface area (Å²) in [4.78, 5) is 38.8. The van der Waals surface area contributed by atoms with E-state index in [4.69, 9.17) is 5.73 Å². The molecule has 0 radical (unpaired) electrons. The van der Waals surface area contributed by atoms with Crippen LogP contribution >= 0.6 is 0 Å². The van der Waals surface area contributed by atoms with E-state index in [9.17, 15) is 14.4 Å². The van der Waals surface area contributed by atoms with E-state index in [1.807, 2.05) is 4.90 Å². The summed E-state index contributed by atoms with van der Waals surface area (Å²) in [7, 11) is 0. The van der Waals surface area contributed by atoms with Crippen molar-refractivity contribution in [3.63, 3.8) is 0 Å². The molecular formula is C16H28N4O3. The molecule has 0 bridgehead atoms. The Balaban J connectivity index is 1.65. The Bertz CT molecular complexity index is 427. The number of carbonyl (C=O) groups is 3. The molecule has 0 aromatic heterocycles. The number of nitrogens with two attached hydrogens (primary N) is 1. The Hall–Kier alpha value is -1.63. The topological polar surface area (TPSA) is 95.7 Å². The third kappa shape index (κ3) is 5.49. The van der Waals surface area contributed by atoms with Crippen molar-refractivity contribution < 1.29 is 14.4 Å². The van der Waals surface area contributed by atoms with Gasteiger partial charge in [-0.05, 0) is 12.3 Å². The number of piperazine rings is 1. The third-order valence-electron chi connectivity index (χ3n) is 4.85. The van der Waals surface area contributed by atoms with Crippen molar-refractivity contribution in [2.45, 2.75) is 38.5 Å². The summed E-state index contributed by atoms with van der Waals surface area (Å²) >= 11 is 0. The molecule has 1 saturated carbocycles. The highest BCUT2D eigenvalue weighted by Gasteiger charge is 2.25. The molecular weight excluding hydrogens is 296 g/mol. The normalized spacial score (nSPS) is 19.0. The SMILES string of the molecule is NCC(=O)NCC(=O)N1CCN(C(=O)CCC2CCCC2)CC1. The first-order valence-corrected chi connectivity index (χ1v) is 8.62. The van der Waals surface area contributed by atoms with Gasteiger partial charge in [0.2, 0.25) is 17.7 Å². The Morgan fingerprint density at radius 2 is 1.52 bits per heavy atom. The Morgan fingerprint density at radius 3 is 2.09 bits per heavy atom. The minimum absolute atomic E-state index is 0.0222. The summed E-state index contributed by atoms with van der Waals surface area (Å²) in [6.45, 7) is 2.10. The third-order valence-corrected chi connectivity index (χ3v) is 4.85. The molecule has 0 unspecified atom stereocenters. The van der Waals surface area contributed by atoms with E-state index in [0.717, 1.165) is 12.3 Å². The fourth-order valence-electron chi connectivity index (χ4n) is 3.35. The highest BCUT2D eigenvalue weighted by molar-refractivity contribution is 5.85. The summed E-state index contributed by atoms with van der Waals surface area (Å²) in [5.41, 5.74) is 5.18. The lowest BCUT2D eigenvalue weighted by atomic mass is 10.0. The predicted molar refractivity (Wildman–Crippen MR) is 86.4 cm³/mol. The standard InChI is InChI=1S/C16H28N4O3/c17-11-14(21)18-12-16(23)20-9-7-19(8-10-20)15(22)6-5-13-3-1-2-4-13/h13H,1-12,17H2,(H,18,21). The molecule has 7 nitrogen and oxygen atoms in total. The number of hydrogen-bond donors (Lipinski definition) is 2. The van der Waals surface area contributed by atoms with E-state index < -0.39 is 0 Å². The van der Waals surface area contributed by atoms with Gasteiger partial charge in [0.15, 0.2) is 0 Å². The van der Waals surface area contributed by atoms with Crippen LogP contribution in [0, 0.1) is 5.92 Å². The van der Waals surface area contributed by atoms with Crippen molar-refractivity contribution in [1.29, 1.82) is 0 Å². The average molecular weight is 324 g/mol. The number of nitrogens with zero attached hydrogens (tertiary/aromatic N) is 2. The number of hydrogen-bond acceptors (Lipinski definition) is 4. The van der Waals surface area contributed by atoms with Crippen molar-refractivity contribution in [2.75, 3.05) is 39.3 Å². The molecule has 0 spiro atoms. The number of carbonyl (C=O) groups excluding carboxylic acids is 3. The van der Waals surface area contributed by atoms with Gasteiger partial charge in [-0.2, -0.15) is 0 Å². The van der Waals surface area contributed by atoms with Crippen molar-refractivity contribution in [3.8, 4) is 0 Å². The second kappa shape index (κ2) is 8.86. The molecule has 2 aliphatic rings. The molecule has 2 fully saturated rings. The number of nitrogens with one attached hydrogen (secondary N) is 1. The van der Waals surface area contributed by atoms with E-state index in [1.54, 1.807) is 4.90 Å². The van der Waals surface area contributed by atoms with Gasteiger partial charge in [0.25, 0.3) is 0 Å². The molecule has 0 aromatic carbocycles. The Kier molecular flexibility index (Phi) is 6.83. The van der Waals surface area contributed by atoms with Crippen molar-refractivity contribution >= 4 is 17.7 Å². The van der Waals surface area contributed by atoms with Crippen LogP contribution in [0.4, 0.5) is 0 Å². The van der Waals surface area contributed by atoms with Crippen LogP contribution in [0.15, 0.2) is 0 Å². The summed E-state index contributed by atoms with van der Waals surface area (Å²) in [5, 5.41) is 2.48. The van der Waals surface area contributed by atoms with Crippen LogP contribution in [0.3, 0.4) is 0 Å². The second-order valence-corrected chi connectivity index (χ2v) is 6.43. The van der Waals surface area contributed by atoms with Gasteiger partial charge in [-0.3, -0.25) is 14.4 Å².